The van der Waals surface area contributed by atoms with Crippen LogP contribution in [0.5, 0.6) is 0 Å². The highest BCUT2D eigenvalue weighted by Crippen LogP contribution is 2.31. The van der Waals surface area contributed by atoms with Gasteiger partial charge in [0.25, 0.3) is 0 Å². The van der Waals surface area contributed by atoms with E-state index in [1.165, 1.54) is 30.4 Å². The molecule has 112 valence electrons. The summed E-state index contributed by atoms with van der Waals surface area (Å²) in [6.45, 7) is 9.12. The summed E-state index contributed by atoms with van der Waals surface area (Å²) >= 11 is 0. The maximum atomic E-state index is 5.91. The number of hydrogen-bond acceptors (Lipinski definition) is 2. The van der Waals surface area contributed by atoms with Gasteiger partial charge in [-0.1, -0.05) is 51.5 Å². The van der Waals surface area contributed by atoms with Crippen LogP contribution in [-0.2, 0) is 16.8 Å². The minimum atomic E-state index is 0.220. The molecule has 0 spiro atoms. The van der Waals surface area contributed by atoms with E-state index in [2.05, 4.69) is 45.0 Å². The Morgan fingerprint density at radius 1 is 1.10 bits per heavy atom. The topological polar surface area (TPSA) is 35.2 Å². The van der Waals surface area contributed by atoms with E-state index in [0.717, 1.165) is 19.8 Å². The van der Waals surface area contributed by atoms with Crippen molar-refractivity contribution in [3.8, 4) is 0 Å². The Balaban J connectivity index is 1.80. The van der Waals surface area contributed by atoms with Crippen LogP contribution >= 0.6 is 0 Å². The van der Waals surface area contributed by atoms with Gasteiger partial charge in [-0.05, 0) is 47.8 Å². The lowest BCUT2D eigenvalue weighted by atomic mass is 9.87. The van der Waals surface area contributed by atoms with Gasteiger partial charge in [-0.3, -0.25) is 0 Å². The van der Waals surface area contributed by atoms with Crippen LogP contribution in [0.2, 0.25) is 0 Å². The third-order valence-corrected chi connectivity index (χ3v) is 4.54. The lowest BCUT2D eigenvalue weighted by molar-refractivity contribution is 0.0753. The molecule has 1 aliphatic carbocycles. The number of benzene rings is 1. The van der Waals surface area contributed by atoms with E-state index < -0.39 is 0 Å². The molecule has 0 radical (unpaired) electrons. The summed E-state index contributed by atoms with van der Waals surface area (Å²) < 4.78 is 5.91. The molecule has 2 nitrogen and oxygen atoms in total. The van der Waals surface area contributed by atoms with Crippen molar-refractivity contribution in [3.05, 3.63) is 35.4 Å². The van der Waals surface area contributed by atoms with E-state index in [0.29, 0.717) is 11.8 Å². The van der Waals surface area contributed by atoms with Crippen LogP contribution in [0.4, 0.5) is 0 Å². The number of ether oxygens (including phenoxy) is 1. The maximum Gasteiger partial charge on any atom is 0.0717 e. The molecule has 2 heteroatoms. The minimum Gasteiger partial charge on any atom is -0.376 e. The van der Waals surface area contributed by atoms with E-state index in [4.69, 9.17) is 10.5 Å². The lowest BCUT2D eigenvalue weighted by Gasteiger charge is -2.20. The molecule has 0 aliphatic heterocycles. The molecule has 1 saturated carbocycles. The first-order valence-electron chi connectivity index (χ1n) is 7.88. The molecule has 2 unspecified atom stereocenters. The summed E-state index contributed by atoms with van der Waals surface area (Å²) in [7, 11) is 0. The van der Waals surface area contributed by atoms with Gasteiger partial charge in [0, 0.05) is 0 Å². The van der Waals surface area contributed by atoms with E-state index in [9.17, 15) is 0 Å². The average Bonchev–Trinajstić information content (AvgIpc) is 2.86. The van der Waals surface area contributed by atoms with Crippen molar-refractivity contribution in [2.24, 2.45) is 17.6 Å². The third-order valence-electron chi connectivity index (χ3n) is 4.54. The summed E-state index contributed by atoms with van der Waals surface area (Å²) in [6, 6.07) is 8.82. The van der Waals surface area contributed by atoms with Crippen molar-refractivity contribution in [2.45, 2.75) is 52.1 Å². The zero-order valence-corrected chi connectivity index (χ0v) is 13.2. The molecule has 2 atom stereocenters. The van der Waals surface area contributed by atoms with Gasteiger partial charge < -0.3 is 10.5 Å². The Labute approximate surface area is 123 Å². The second-order valence-electron chi connectivity index (χ2n) is 7.15. The van der Waals surface area contributed by atoms with Gasteiger partial charge in [0.15, 0.2) is 0 Å². The zero-order valence-electron chi connectivity index (χ0n) is 13.2. The molecule has 0 saturated heterocycles. The fraction of sp³-hybridized carbons (Fsp3) is 0.667. The summed E-state index contributed by atoms with van der Waals surface area (Å²) in [5, 5.41) is 0. The SMILES string of the molecule is CC(C)(C)c1ccc(COCC2CCCC2CN)cc1. The standard InChI is InChI=1S/C18H29NO/c1-18(2,3)17-9-7-14(8-10-17)12-20-13-16-6-4-5-15(16)11-19/h7-10,15-16H,4-6,11-13,19H2,1-3H3. The second kappa shape index (κ2) is 6.73. The molecule has 1 fully saturated rings. The Hall–Kier alpha value is -0.860. The fourth-order valence-electron chi connectivity index (χ4n) is 3.07. The normalized spacial score (nSPS) is 23.2. The van der Waals surface area contributed by atoms with Gasteiger partial charge in [-0.2, -0.15) is 0 Å². The average molecular weight is 275 g/mol. The van der Waals surface area contributed by atoms with Crippen LogP contribution in [-0.4, -0.2) is 13.2 Å². The van der Waals surface area contributed by atoms with Crippen LogP contribution in [0.25, 0.3) is 0 Å². The Bertz CT molecular complexity index is 404. The van der Waals surface area contributed by atoms with Crippen LogP contribution in [0, 0.1) is 11.8 Å². The van der Waals surface area contributed by atoms with Crippen molar-refractivity contribution in [3.63, 3.8) is 0 Å². The third kappa shape index (κ3) is 4.07. The monoisotopic (exact) mass is 275 g/mol. The predicted molar refractivity (Wildman–Crippen MR) is 84.7 cm³/mol. The minimum absolute atomic E-state index is 0.220. The van der Waals surface area contributed by atoms with E-state index in [-0.39, 0.29) is 5.41 Å². The molecular weight excluding hydrogens is 246 g/mol. The lowest BCUT2D eigenvalue weighted by Crippen LogP contribution is -2.22. The van der Waals surface area contributed by atoms with Crippen molar-refractivity contribution in [1.29, 1.82) is 0 Å². The van der Waals surface area contributed by atoms with Crippen LogP contribution < -0.4 is 5.73 Å². The van der Waals surface area contributed by atoms with Crippen molar-refractivity contribution >= 4 is 0 Å². The second-order valence-corrected chi connectivity index (χ2v) is 7.15. The first-order valence-corrected chi connectivity index (χ1v) is 7.88. The van der Waals surface area contributed by atoms with Crippen molar-refractivity contribution in [1.82, 2.24) is 0 Å². The van der Waals surface area contributed by atoms with Gasteiger partial charge in [0.05, 0.1) is 13.2 Å². The summed E-state index contributed by atoms with van der Waals surface area (Å²) in [5.41, 5.74) is 8.67. The van der Waals surface area contributed by atoms with Gasteiger partial charge in [0.1, 0.15) is 0 Å². The highest BCUT2D eigenvalue weighted by molar-refractivity contribution is 5.27. The molecule has 0 bridgehead atoms. The Kier molecular flexibility index (Phi) is 5.22. The summed E-state index contributed by atoms with van der Waals surface area (Å²) in [4.78, 5) is 0. The van der Waals surface area contributed by atoms with Crippen molar-refractivity contribution in [2.75, 3.05) is 13.2 Å². The molecule has 1 aliphatic rings. The molecule has 0 heterocycles. The zero-order chi connectivity index (χ0) is 14.6. The van der Waals surface area contributed by atoms with Crippen LogP contribution in [0.1, 0.15) is 51.2 Å². The number of nitrogens with two attached hydrogens (primary N) is 1. The van der Waals surface area contributed by atoms with E-state index in [1.54, 1.807) is 0 Å². The van der Waals surface area contributed by atoms with Gasteiger partial charge >= 0.3 is 0 Å². The molecule has 20 heavy (non-hydrogen) atoms. The molecule has 1 aromatic carbocycles. The largest absolute Gasteiger partial charge is 0.376 e. The van der Waals surface area contributed by atoms with Crippen molar-refractivity contribution < 1.29 is 4.74 Å². The Morgan fingerprint density at radius 2 is 1.75 bits per heavy atom. The smallest absolute Gasteiger partial charge is 0.0717 e. The highest BCUT2D eigenvalue weighted by Gasteiger charge is 2.25. The molecule has 0 aromatic heterocycles. The molecule has 0 amide bonds. The number of rotatable bonds is 5. The summed E-state index contributed by atoms with van der Waals surface area (Å²) in [6.07, 6.45) is 3.88. The maximum absolute atomic E-state index is 5.91. The molecule has 2 N–H and O–H groups in total. The van der Waals surface area contributed by atoms with Crippen LogP contribution in [0.3, 0.4) is 0 Å². The van der Waals surface area contributed by atoms with E-state index >= 15 is 0 Å². The Morgan fingerprint density at radius 3 is 2.35 bits per heavy atom. The van der Waals surface area contributed by atoms with Crippen LogP contribution in [0.15, 0.2) is 24.3 Å². The predicted octanol–water partition coefficient (Wildman–Crippen LogP) is 3.88. The quantitative estimate of drug-likeness (QED) is 0.885. The van der Waals surface area contributed by atoms with Gasteiger partial charge in [-0.15, -0.1) is 0 Å². The highest BCUT2D eigenvalue weighted by atomic mass is 16.5. The summed E-state index contributed by atoms with van der Waals surface area (Å²) in [5.74, 6) is 1.35. The van der Waals surface area contributed by atoms with E-state index in [1.807, 2.05) is 0 Å². The first-order chi connectivity index (χ1) is 9.50. The van der Waals surface area contributed by atoms with Gasteiger partial charge in [-0.25, -0.2) is 0 Å². The molecule has 2 rings (SSSR count). The fourth-order valence-corrected chi connectivity index (χ4v) is 3.07. The molecule has 1 aromatic rings. The first kappa shape index (κ1) is 15.5. The molecular formula is C18H29NO. The number of hydrogen-bond donors (Lipinski definition) is 1. The van der Waals surface area contributed by atoms with Gasteiger partial charge in [0.2, 0.25) is 0 Å².